The van der Waals surface area contributed by atoms with Crippen LogP contribution in [0.25, 0.3) is 211 Å². The first-order valence-corrected chi connectivity index (χ1v) is 48.7. The van der Waals surface area contributed by atoms with Crippen LogP contribution in [0.3, 0.4) is 0 Å². The van der Waals surface area contributed by atoms with Crippen molar-refractivity contribution in [3.05, 3.63) is 603 Å². The molecule has 0 fully saturated rings. The van der Waals surface area contributed by atoms with Gasteiger partial charge in [0.25, 0.3) is 0 Å². The molecular weight excluding hydrogens is 1680 g/mol. The monoisotopic (exact) mass is 1770 g/mol. The first-order valence-electron chi connectivity index (χ1n) is 48.7. The number of fused-ring (bicyclic) bond motifs is 20. The molecular formula is C140H92. The lowest BCUT2D eigenvalue weighted by molar-refractivity contribution is 0.794. The highest BCUT2D eigenvalue weighted by molar-refractivity contribution is 6.04. The Morgan fingerprint density at radius 1 is 0.0786 bits per heavy atom. The Kier molecular flexibility index (Phi) is 20.5. The van der Waals surface area contributed by atoms with E-state index in [1.807, 2.05) is 0 Å². The highest BCUT2D eigenvalue weighted by Gasteiger charge is 2.53. The van der Waals surface area contributed by atoms with Crippen molar-refractivity contribution >= 4 is 0 Å². The van der Waals surface area contributed by atoms with Gasteiger partial charge in [0.05, 0.1) is 10.8 Å². The average molecular weight is 1770 g/mol. The molecule has 0 N–H and O–H groups in total. The molecule has 0 unspecified atom stereocenters. The van der Waals surface area contributed by atoms with Crippen LogP contribution in [-0.2, 0) is 10.8 Å². The predicted molar refractivity (Wildman–Crippen MR) is 587 cm³/mol. The van der Waals surface area contributed by atoms with Gasteiger partial charge in [0.1, 0.15) is 0 Å². The first kappa shape index (κ1) is 82.7. The molecule has 4 aliphatic carbocycles. The quantitative estimate of drug-likeness (QED) is 0.0960. The van der Waals surface area contributed by atoms with Crippen molar-refractivity contribution < 1.29 is 0 Å². The molecule has 652 valence electrons. The van der Waals surface area contributed by atoms with Gasteiger partial charge in [-0.05, 0) is 292 Å². The highest BCUT2D eigenvalue weighted by atomic mass is 14.5. The zero-order valence-electron chi connectivity index (χ0n) is 77.1. The minimum Gasteiger partial charge on any atom is -0.0622 e. The maximum absolute atomic E-state index is 2.49. The third-order valence-electron chi connectivity index (χ3n) is 29.9. The molecule has 0 heteroatoms. The molecule has 27 rings (SSSR count). The van der Waals surface area contributed by atoms with Crippen LogP contribution in [0.5, 0.6) is 0 Å². The van der Waals surface area contributed by atoms with Gasteiger partial charge in [-0.15, -0.1) is 0 Å². The first-order chi connectivity index (χ1) is 69.4. The number of hydrogen-bond acceptors (Lipinski definition) is 0. The van der Waals surface area contributed by atoms with Crippen LogP contribution in [0.1, 0.15) is 44.5 Å². The Labute approximate surface area is 818 Å². The van der Waals surface area contributed by atoms with E-state index in [-0.39, 0.29) is 5.41 Å². The fourth-order valence-corrected chi connectivity index (χ4v) is 23.4. The summed E-state index contributed by atoms with van der Waals surface area (Å²) in [6, 6.07) is 207. The summed E-state index contributed by atoms with van der Waals surface area (Å²) in [5.41, 5.74) is 56.5. The molecule has 0 nitrogen and oxygen atoms in total. The van der Waals surface area contributed by atoms with Gasteiger partial charge in [-0.3, -0.25) is 0 Å². The molecule has 0 amide bonds. The Morgan fingerprint density at radius 2 is 0.221 bits per heavy atom. The van der Waals surface area contributed by atoms with Crippen LogP contribution in [0, 0.1) is 0 Å². The molecule has 23 aromatic carbocycles. The lowest BCUT2D eigenvalue weighted by Crippen LogP contribution is -2.25. The molecule has 0 aromatic heterocycles. The molecule has 0 atom stereocenters. The summed E-state index contributed by atoms with van der Waals surface area (Å²) in [5, 5.41) is 0. The average Bonchev–Trinajstić information content (AvgIpc) is 1.51. The third-order valence-corrected chi connectivity index (χ3v) is 29.9. The van der Waals surface area contributed by atoms with Crippen molar-refractivity contribution in [3.63, 3.8) is 0 Å². The maximum atomic E-state index is 2.49. The Bertz CT molecular complexity index is 8410. The van der Waals surface area contributed by atoms with Crippen LogP contribution in [-0.4, -0.2) is 0 Å². The molecule has 0 heterocycles. The normalized spacial score (nSPS) is 12.5. The minimum atomic E-state index is -0.394. The van der Waals surface area contributed by atoms with Gasteiger partial charge in [0, 0.05) is 0 Å². The number of rotatable bonds is 15. The summed E-state index contributed by atoms with van der Waals surface area (Å²) in [6.45, 7) is 0. The van der Waals surface area contributed by atoms with Gasteiger partial charge in [-0.25, -0.2) is 0 Å². The standard InChI is InChI=1S/C73H48.C67H44/c1-4-16-49(17-5-1)52-28-30-56(31-29-52)61-46-66(57-38-32-53(33-39-57)50-18-6-2-7-19-50)72(67(47-61)58-40-34-54(35-41-58)51-20-8-3-9-21-51)59-42-36-55(37-43-59)60-44-45-65-64-24-12-15-27-70(64)73(71(65)48-60)68-25-13-10-22-62(68)63-23-11-14-26-69(63)73;1-4-16-45(17-5-1)47-28-30-50(31-29-47)55-42-60(51-20-8-3-9-21-51)66(61(43-55)52-36-32-48(33-37-52)46-18-6-2-7-19-46)53-38-34-49(35-39-53)54-40-41-59-58-24-12-15-27-64(58)67(65(59)44-54)62-25-13-10-22-56(62)57-23-11-14-26-63(57)67/h1-48H;1-44H. The Morgan fingerprint density at radius 3 is 0.443 bits per heavy atom. The van der Waals surface area contributed by atoms with E-state index < -0.39 is 5.41 Å². The van der Waals surface area contributed by atoms with Crippen molar-refractivity contribution in [2.45, 2.75) is 10.8 Å². The van der Waals surface area contributed by atoms with E-state index in [1.165, 1.54) is 256 Å². The predicted octanol–water partition coefficient (Wildman–Crippen LogP) is 37.1. The number of hydrogen-bond donors (Lipinski definition) is 0. The van der Waals surface area contributed by atoms with E-state index >= 15 is 0 Å². The summed E-state index contributed by atoms with van der Waals surface area (Å²) in [5.74, 6) is 0. The molecule has 23 aromatic rings. The summed E-state index contributed by atoms with van der Waals surface area (Å²) < 4.78 is 0. The summed E-state index contributed by atoms with van der Waals surface area (Å²) >= 11 is 0. The van der Waals surface area contributed by atoms with Crippen molar-refractivity contribution in [2.24, 2.45) is 0 Å². The van der Waals surface area contributed by atoms with E-state index in [2.05, 4.69) is 558 Å². The van der Waals surface area contributed by atoms with Crippen molar-refractivity contribution in [2.75, 3.05) is 0 Å². The van der Waals surface area contributed by atoms with Crippen LogP contribution in [0.4, 0.5) is 0 Å². The molecule has 140 heavy (non-hydrogen) atoms. The van der Waals surface area contributed by atoms with Crippen molar-refractivity contribution in [3.8, 4) is 211 Å². The fourth-order valence-electron chi connectivity index (χ4n) is 23.4. The van der Waals surface area contributed by atoms with Crippen molar-refractivity contribution in [1.29, 1.82) is 0 Å². The topological polar surface area (TPSA) is 0 Å². The van der Waals surface area contributed by atoms with Crippen molar-refractivity contribution in [1.82, 2.24) is 0 Å². The van der Waals surface area contributed by atoms with Crippen LogP contribution in [0.2, 0.25) is 0 Å². The molecule has 0 radical (unpaired) electrons. The SMILES string of the molecule is c1ccc(-c2ccc(-c3cc(-c4ccc(-c5ccccc5)cc4)c(-c4ccc(-c5ccc6c(c5)C5(c7ccccc7-c7ccccc75)c5ccccc5-6)cc4)c(-c4ccc(-c5ccccc5)cc4)c3)cc2)cc1.c1ccc(-c2ccc(-c3cc(-c4ccccc4)c(-c4ccc(-c5ccc6c(c5)C5(c7ccccc7-c7ccccc75)c5ccccc5-6)cc4)c(-c4ccc(-c5ccccc5)cc4)c3)cc2)cc1. The smallest absolute Gasteiger partial charge is 0.0622 e. The van der Waals surface area contributed by atoms with E-state index in [4.69, 9.17) is 0 Å². The van der Waals surface area contributed by atoms with Gasteiger partial charge in [0.2, 0.25) is 0 Å². The second-order valence-corrected chi connectivity index (χ2v) is 37.4. The summed E-state index contributed by atoms with van der Waals surface area (Å²) in [6.07, 6.45) is 0. The molecule has 0 saturated carbocycles. The minimum absolute atomic E-state index is 0.381. The summed E-state index contributed by atoms with van der Waals surface area (Å²) in [4.78, 5) is 0. The van der Waals surface area contributed by atoms with Crippen LogP contribution < -0.4 is 0 Å². The zero-order chi connectivity index (χ0) is 92.6. The van der Waals surface area contributed by atoms with E-state index in [0.717, 1.165) is 0 Å². The molecule has 0 aliphatic heterocycles. The largest absolute Gasteiger partial charge is 0.0725 e. The Balaban J connectivity index is 0.000000145. The van der Waals surface area contributed by atoms with E-state index in [1.54, 1.807) is 0 Å². The summed E-state index contributed by atoms with van der Waals surface area (Å²) in [7, 11) is 0. The lowest BCUT2D eigenvalue weighted by Gasteiger charge is -2.30. The van der Waals surface area contributed by atoms with Gasteiger partial charge >= 0.3 is 0 Å². The van der Waals surface area contributed by atoms with Crippen LogP contribution >= 0.6 is 0 Å². The molecule has 2 spiro atoms. The third kappa shape index (κ3) is 14.0. The fraction of sp³-hybridized carbons (Fsp3) is 0.0143. The van der Waals surface area contributed by atoms with E-state index in [0.29, 0.717) is 0 Å². The van der Waals surface area contributed by atoms with Gasteiger partial charge in [-0.1, -0.05) is 522 Å². The molecule has 0 saturated heterocycles. The maximum Gasteiger partial charge on any atom is 0.0725 e. The van der Waals surface area contributed by atoms with Gasteiger partial charge in [-0.2, -0.15) is 0 Å². The highest BCUT2D eigenvalue weighted by Crippen LogP contribution is 2.66. The Hall–Kier alpha value is -17.9. The lowest BCUT2D eigenvalue weighted by atomic mass is 9.70. The van der Waals surface area contributed by atoms with Crippen LogP contribution in [0.15, 0.2) is 558 Å². The van der Waals surface area contributed by atoms with E-state index in [9.17, 15) is 0 Å². The molecule has 0 bridgehead atoms. The number of benzene rings is 23. The van der Waals surface area contributed by atoms with Gasteiger partial charge in [0.15, 0.2) is 0 Å². The molecule has 4 aliphatic rings. The zero-order valence-corrected chi connectivity index (χ0v) is 77.1. The van der Waals surface area contributed by atoms with Gasteiger partial charge < -0.3 is 0 Å². The second kappa shape index (κ2) is 34.8. The second-order valence-electron chi connectivity index (χ2n) is 37.4.